The van der Waals surface area contributed by atoms with Gasteiger partial charge < -0.3 is 10.4 Å². The number of carbonyl (C=O) groups is 1. The molecule has 1 heterocycles. The second kappa shape index (κ2) is 4.39. The first-order valence-electron chi connectivity index (χ1n) is 4.10. The molecular weight excluding hydrogens is 186 g/mol. The van der Waals surface area contributed by atoms with Gasteiger partial charge in [-0.1, -0.05) is 6.07 Å². The van der Waals surface area contributed by atoms with Crippen LogP contribution < -0.4 is 5.32 Å². The molecule has 72 valence electrons. The van der Waals surface area contributed by atoms with Gasteiger partial charge in [-0.2, -0.15) is 0 Å². The first-order chi connectivity index (χ1) is 6.11. The van der Waals surface area contributed by atoms with Gasteiger partial charge in [0, 0.05) is 11.8 Å². The Balaban J connectivity index is 2.74. The van der Waals surface area contributed by atoms with Gasteiger partial charge >= 0.3 is 0 Å². The van der Waals surface area contributed by atoms with Crippen LogP contribution in [0.3, 0.4) is 0 Å². The topological polar surface area (TPSA) is 49.3 Å². The molecule has 0 aliphatic heterocycles. The highest BCUT2D eigenvalue weighted by Crippen LogP contribution is 2.21. The maximum absolute atomic E-state index is 10.8. The van der Waals surface area contributed by atoms with Crippen LogP contribution in [0, 0.1) is 0 Å². The Hall–Kier alpha value is -0.870. The smallest absolute Gasteiger partial charge is 0.217 e. The van der Waals surface area contributed by atoms with E-state index >= 15 is 0 Å². The van der Waals surface area contributed by atoms with E-state index in [-0.39, 0.29) is 11.9 Å². The largest absolute Gasteiger partial charge is 0.391 e. The summed E-state index contributed by atoms with van der Waals surface area (Å²) in [6.45, 7) is 3.11. The van der Waals surface area contributed by atoms with E-state index in [4.69, 9.17) is 0 Å². The van der Waals surface area contributed by atoms with E-state index in [2.05, 4.69) is 5.32 Å². The maximum Gasteiger partial charge on any atom is 0.217 e. The number of aliphatic hydroxyl groups excluding tert-OH is 1. The number of thiophene rings is 1. The normalized spacial score (nSPS) is 15.0. The van der Waals surface area contributed by atoms with Crippen molar-refractivity contribution < 1.29 is 9.90 Å². The first-order valence-corrected chi connectivity index (χ1v) is 4.98. The molecule has 3 nitrogen and oxygen atoms in total. The van der Waals surface area contributed by atoms with Crippen molar-refractivity contribution in [2.24, 2.45) is 0 Å². The van der Waals surface area contributed by atoms with Crippen molar-refractivity contribution in [2.45, 2.75) is 26.0 Å². The van der Waals surface area contributed by atoms with E-state index in [1.54, 1.807) is 6.92 Å². The highest BCUT2D eigenvalue weighted by atomic mass is 32.1. The van der Waals surface area contributed by atoms with Crippen LogP contribution in [0.5, 0.6) is 0 Å². The molecule has 0 fully saturated rings. The van der Waals surface area contributed by atoms with Crippen LogP contribution in [0.15, 0.2) is 17.5 Å². The Kier molecular flexibility index (Phi) is 3.45. The highest BCUT2D eigenvalue weighted by molar-refractivity contribution is 7.10. The number of hydrogen-bond acceptors (Lipinski definition) is 3. The molecule has 1 rings (SSSR count). The SMILES string of the molecule is CC(=O)N[C@@H](c1cccs1)[C@H](C)O. The fourth-order valence-corrected chi connectivity index (χ4v) is 1.99. The first kappa shape index (κ1) is 10.2. The van der Waals surface area contributed by atoms with Crippen LogP contribution in [0.2, 0.25) is 0 Å². The van der Waals surface area contributed by atoms with Crippen molar-refractivity contribution in [2.75, 3.05) is 0 Å². The molecule has 2 N–H and O–H groups in total. The number of amides is 1. The molecule has 2 atom stereocenters. The molecule has 0 saturated carbocycles. The van der Waals surface area contributed by atoms with Crippen molar-refractivity contribution in [3.63, 3.8) is 0 Å². The van der Waals surface area contributed by atoms with Crippen molar-refractivity contribution in [1.29, 1.82) is 0 Å². The van der Waals surface area contributed by atoms with E-state index in [1.807, 2.05) is 17.5 Å². The molecule has 0 aromatic carbocycles. The van der Waals surface area contributed by atoms with Gasteiger partial charge in [0.2, 0.25) is 5.91 Å². The number of nitrogens with one attached hydrogen (secondary N) is 1. The van der Waals surface area contributed by atoms with E-state index in [0.717, 1.165) is 4.88 Å². The molecule has 13 heavy (non-hydrogen) atoms. The lowest BCUT2D eigenvalue weighted by Crippen LogP contribution is -2.32. The molecule has 4 heteroatoms. The second-order valence-electron chi connectivity index (χ2n) is 2.93. The molecule has 0 aliphatic rings. The van der Waals surface area contributed by atoms with Crippen LogP contribution in [0.1, 0.15) is 24.8 Å². The summed E-state index contributed by atoms with van der Waals surface area (Å²) in [7, 11) is 0. The maximum atomic E-state index is 10.8. The van der Waals surface area contributed by atoms with Gasteiger partial charge in [0.1, 0.15) is 0 Å². The summed E-state index contributed by atoms with van der Waals surface area (Å²) in [6.07, 6.45) is -0.567. The fourth-order valence-electron chi connectivity index (χ4n) is 1.12. The number of rotatable bonds is 3. The Morgan fingerprint density at radius 3 is 2.77 bits per heavy atom. The minimum absolute atomic E-state index is 0.126. The van der Waals surface area contributed by atoms with Gasteiger partial charge in [0.05, 0.1) is 12.1 Å². The van der Waals surface area contributed by atoms with Crippen molar-refractivity contribution >= 4 is 17.2 Å². The number of aliphatic hydroxyl groups is 1. The Morgan fingerprint density at radius 2 is 2.38 bits per heavy atom. The number of hydrogen-bond donors (Lipinski definition) is 2. The van der Waals surface area contributed by atoms with Crippen LogP contribution in [0.4, 0.5) is 0 Å². The van der Waals surface area contributed by atoms with Crippen molar-refractivity contribution in [1.82, 2.24) is 5.32 Å². The molecule has 0 spiro atoms. The van der Waals surface area contributed by atoms with Gasteiger partial charge in [0.15, 0.2) is 0 Å². The molecule has 1 aromatic heterocycles. The molecular formula is C9H13NO2S. The Morgan fingerprint density at radius 1 is 1.69 bits per heavy atom. The standard InChI is InChI=1S/C9H13NO2S/c1-6(11)9(10-7(2)12)8-4-3-5-13-8/h3-6,9,11H,1-2H3,(H,10,12)/t6-,9+/m0/s1. The highest BCUT2D eigenvalue weighted by Gasteiger charge is 2.18. The molecule has 1 amide bonds. The molecule has 0 saturated heterocycles. The Bertz CT molecular complexity index is 269. The summed E-state index contributed by atoms with van der Waals surface area (Å²) in [5, 5.41) is 14.1. The van der Waals surface area contributed by atoms with E-state index in [9.17, 15) is 9.90 Å². The average molecular weight is 199 g/mol. The van der Waals surface area contributed by atoms with Crippen LogP contribution >= 0.6 is 11.3 Å². The minimum Gasteiger partial charge on any atom is -0.391 e. The van der Waals surface area contributed by atoms with E-state index in [0.29, 0.717) is 0 Å². The lowest BCUT2D eigenvalue weighted by atomic mass is 10.1. The summed E-state index contributed by atoms with van der Waals surface area (Å²) >= 11 is 1.53. The molecule has 0 aliphatic carbocycles. The van der Waals surface area contributed by atoms with Gasteiger partial charge in [0.25, 0.3) is 0 Å². The van der Waals surface area contributed by atoms with Crippen LogP contribution in [0.25, 0.3) is 0 Å². The molecule has 1 aromatic rings. The van der Waals surface area contributed by atoms with Gasteiger partial charge in [-0.25, -0.2) is 0 Å². The van der Waals surface area contributed by atoms with E-state index < -0.39 is 6.10 Å². The summed E-state index contributed by atoms with van der Waals surface area (Å²) in [5.74, 6) is -0.126. The summed E-state index contributed by atoms with van der Waals surface area (Å²) in [5.41, 5.74) is 0. The number of carbonyl (C=O) groups excluding carboxylic acids is 1. The van der Waals surface area contributed by atoms with Crippen LogP contribution in [-0.2, 0) is 4.79 Å². The molecule has 0 radical (unpaired) electrons. The summed E-state index contributed by atoms with van der Waals surface area (Å²) < 4.78 is 0. The quantitative estimate of drug-likeness (QED) is 0.771. The predicted molar refractivity (Wildman–Crippen MR) is 52.6 cm³/mol. The molecule has 0 unspecified atom stereocenters. The summed E-state index contributed by atoms with van der Waals surface area (Å²) in [4.78, 5) is 11.8. The fraction of sp³-hybridized carbons (Fsp3) is 0.444. The predicted octanol–water partition coefficient (Wildman–Crippen LogP) is 1.31. The Labute approximate surface area is 81.4 Å². The third kappa shape index (κ3) is 2.82. The minimum atomic E-state index is -0.567. The van der Waals surface area contributed by atoms with Crippen LogP contribution in [-0.4, -0.2) is 17.1 Å². The zero-order valence-electron chi connectivity index (χ0n) is 7.65. The van der Waals surface area contributed by atoms with Crippen molar-refractivity contribution in [3.05, 3.63) is 22.4 Å². The molecule has 0 bridgehead atoms. The lowest BCUT2D eigenvalue weighted by Gasteiger charge is -2.18. The van der Waals surface area contributed by atoms with Gasteiger partial charge in [-0.05, 0) is 18.4 Å². The third-order valence-electron chi connectivity index (χ3n) is 1.69. The third-order valence-corrected chi connectivity index (χ3v) is 2.65. The zero-order chi connectivity index (χ0) is 9.84. The van der Waals surface area contributed by atoms with Gasteiger partial charge in [-0.3, -0.25) is 4.79 Å². The van der Waals surface area contributed by atoms with E-state index in [1.165, 1.54) is 18.3 Å². The monoisotopic (exact) mass is 199 g/mol. The van der Waals surface area contributed by atoms with Crippen molar-refractivity contribution in [3.8, 4) is 0 Å². The lowest BCUT2D eigenvalue weighted by molar-refractivity contribution is -0.120. The second-order valence-corrected chi connectivity index (χ2v) is 3.91. The summed E-state index contributed by atoms with van der Waals surface area (Å²) in [6, 6.07) is 3.52. The zero-order valence-corrected chi connectivity index (χ0v) is 8.47. The van der Waals surface area contributed by atoms with Gasteiger partial charge in [-0.15, -0.1) is 11.3 Å². The average Bonchev–Trinajstić information content (AvgIpc) is 2.50.